The highest BCUT2D eigenvalue weighted by atomic mass is 79.9. The second-order valence-corrected chi connectivity index (χ2v) is 7.63. The summed E-state index contributed by atoms with van der Waals surface area (Å²) in [4.78, 5) is 13.0. The highest BCUT2D eigenvalue weighted by Gasteiger charge is 2.19. The lowest BCUT2D eigenvalue weighted by Crippen LogP contribution is -2.27. The van der Waals surface area contributed by atoms with Crippen LogP contribution in [0.15, 0.2) is 38.6 Å². The molecule has 1 unspecified atom stereocenters. The molecule has 2 rings (SSSR count). The monoisotopic (exact) mass is 431 g/mol. The molecule has 0 saturated heterocycles. The third-order valence-electron chi connectivity index (χ3n) is 3.10. The van der Waals surface area contributed by atoms with E-state index in [1.54, 1.807) is 7.11 Å². The van der Waals surface area contributed by atoms with Crippen LogP contribution in [0.3, 0.4) is 0 Å². The number of ether oxygens (including phenoxy) is 1. The van der Waals surface area contributed by atoms with Crippen molar-refractivity contribution in [3.63, 3.8) is 0 Å². The second kappa shape index (κ2) is 7.42. The number of hydrogen-bond acceptors (Lipinski definition) is 3. The summed E-state index contributed by atoms with van der Waals surface area (Å²) >= 11 is 8.21. The second-order valence-electron chi connectivity index (χ2n) is 4.41. The van der Waals surface area contributed by atoms with Gasteiger partial charge in [-0.05, 0) is 50.4 Å². The first kappa shape index (κ1) is 16.5. The van der Waals surface area contributed by atoms with E-state index in [0.717, 1.165) is 26.0 Å². The van der Waals surface area contributed by atoms with E-state index in [4.69, 9.17) is 4.74 Å². The maximum Gasteiger partial charge on any atom is 0.261 e. The number of para-hydroxylation sites is 1. The lowest BCUT2D eigenvalue weighted by atomic mass is 10.0. The van der Waals surface area contributed by atoms with Crippen LogP contribution in [-0.4, -0.2) is 13.0 Å². The molecule has 0 radical (unpaired) electrons. The van der Waals surface area contributed by atoms with Crippen molar-refractivity contribution in [1.29, 1.82) is 0 Å². The van der Waals surface area contributed by atoms with Gasteiger partial charge in [-0.25, -0.2) is 0 Å². The largest absolute Gasteiger partial charge is 0.496 e. The number of hydrogen-bond donors (Lipinski definition) is 1. The van der Waals surface area contributed by atoms with E-state index in [-0.39, 0.29) is 11.9 Å². The molecule has 1 amide bonds. The number of carbonyl (C=O) groups is 1. The summed E-state index contributed by atoms with van der Waals surface area (Å²) in [6, 6.07) is 9.50. The van der Waals surface area contributed by atoms with Crippen LogP contribution in [-0.2, 0) is 0 Å². The summed E-state index contributed by atoms with van der Waals surface area (Å²) in [5.74, 6) is 0.711. The minimum absolute atomic E-state index is 0.0756. The van der Waals surface area contributed by atoms with Crippen molar-refractivity contribution >= 4 is 49.1 Å². The molecule has 0 saturated carbocycles. The predicted molar refractivity (Wildman–Crippen MR) is 93.2 cm³/mol. The molecule has 0 aliphatic rings. The molecule has 0 aliphatic heterocycles. The van der Waals surface area contributed by atoms with E-state index in [1.807, 2.05) is 37.3 Å². The van der Waals surface area contributed by atoms with Gasteiger partial charge in [-0.2, -0.15) is 0 Å². The Balaban J connectivity index is 2.21. The van der Waals surface area contributed by atoms with Gasteiger partial charge in [-0.1, -0.05) is 25.1 Å². The molecule has 0 fully saturated rings. The Hall–Kier alpha value is -0.850. The third kappa shape index (κ3) is 3.87. The van der Waals surface area contributed by atoms with Gasteiger partial charge in [0.15, 0.2) is 0 Å². The molecule has 1 aromatic carbocycles. The maximum absolute atomic E-state index is 12.4. The first-order valence-corrected chi connectivity index (χ1v) is 8.85. The Bertz CT molecular complexity index is 623. The fourth-order valence-corrected chi connectivity index (χ4v) is 3.98. The first-order valence-electron chi connectivity index (χ1n) is 6.45. The fraction of sp³-hybridized carbons (Fsp3) is 0.267. The number of benzene rings is 1. The molecule has 1 N–H and O–H groups in total. The Labute approximate surface area is 145 Å². The Kier molecular flexibility index (Phi) is 5.84. The zero-order valence-corrected chi connectivity index (χ0v) is 15.6. The molecule has 1 heterocycles. The lowest BCUT2D eigenvalue weighted by Gasteiger charge is -2.19. The smallest absolute Gasteiger partial charge is 0.261 e. The number of methoxy groups -OCH3 is 1. The number of nitrogens with one attached hydrogen (secondary N) is 1. The summed E-state index contributed by atoms with van der Waals surface area (Å²) in [7, 11) is 1.64. The van der Waals surface area contributed by atoms with Gasteiger partial charge in [0, 0.05) is 10.0 Å². The highest BCUT2D eigenvalue weighted by Crippen LogP contribution is 2.33. The summed E-state index contributed by atoms with van der Waals surface area (Å²) in [6.07, 6.45) is 0.791. The number of carbonyl (C=O) groups excluding carboxylic acids is 1. The molecule has 21 heavy (non-hydrogen) atoms. The highest BCUT2D eigenvalue weighted by molar-refractivity contribution is 9.13. The number of thiophene rings is 1. The van der Waals surface area contributed by atoms with Gasteiger partial charge in [-0.15, -0.1) is 11.3 Å². The van der Waals surface area contributed by atoms with Crippen molar-refractivity contribution in [2.45, 2.75) is 19.4 Å². The predicted octanol–water partition coefficient (Wildman–Crippen LogP) is 5.16. The van der Waals surface area contributed by atoms with E-state index in [0.29, 0.717) is 4.88 Å². The van der Waals surface area contributed by atoms with Gasteiger partial charge in [0.2, 0.25) is 0 Å². The minimum Gasteiger partial charge on any atom is -0.496 e. The maximum atomic E-state index is 12.4. The van der Waals surface area contributed by atoms with Crippen LogP contribution in [0.25, 0.3) is 0 Å². The van der Waals surface area contributed by atoms with Crippen molar-refractivity contribution in [2.75, 3.05) is 7.11 Å². The normalized spacial score (nSPS) is 12.0. The topological polar surface area (TPSA) is 38.3 Å². The van der Waals surface area contributed by atoms with E-state index < -0.39 is 0 Å². The number of amides is 1. The molecular formula is C15H15Br2NO2S. The van der Waals surface area contributed by atoms with Crippen LogP contribution in [0.5, 0.6) is 5.75 Å². The van der Waals surface area contributed by atoms with E-state index in [1.165, 1.54) is 11.3 Å². The molecule has 1 atom stereocenters. The van der Waals surface area contributed by atoms with Crippen molar-refractivity contribution in [2.24, 2.45) is 0 Å². The standard InChI is InChI=1S/C15H15Br2NO2S/c1-3-11(9-6-4-5-7-12(9)20-2)18-15(19)13-8-10(16)14(17)21-13/h4-8,11H,3H2,1-2H3,(H,18,19). The van der Waals surface area contributed by atoms with Crippen molar-refractivity contribution in [3.8, 4) is 5.75 Å². The average molecular weight is 433 g/mol. The Morgan fingerprint density at radius 2 is 2.10 bits per heavy atom. The fourth-order valence-electron chi connectivity index (χ4n) is 2.04. The van der Waals surface area contributed by atoms with Crippen LogP contribution in [0, 0.1) is 0 Å². The van der Waals surface area contributed by atoms with E-state index in [9.17, 15) is 4.79 Å². The SMILES string of the molecule is CCC(NC(=O)c1cc(Br)c(Br)s1)c1ccccc1OC. The van der Waals surface area contributed by atoms with Crippen molar-refractivity contribution in [1.82, 2.24) is 5.32 Å². The Morgan fingerprint density at radius 3 is 2.67 bits per heavy atom. The van der Waals surface area contributed by atoms with Gasteiger partial charge in [0.1, 0.15) is 5.75 Å². The number of rotatable bonds is 5. The van der Waals surface area contributed by atoms with E-state index in [2.05, 4.69) is 37.2 Å². The van der Waals surface area contributed by atoms with Crippen LogP contribution in [0.1, 0.15) is 34.6 Å². The molecule has 1 aromatic heterocycles. The Morgan fingerprint density at radius 1 is 1.38 bits per heavy atom. The molecule has 112 valence electrons. The number of halogens is 2. The minimum atomic E-state index is -0.0795. The lowest BCUT2D eigenvalue weighted by molar-refractivity contribution is 0.0939. The average Bonchev–Trinajstić information content (AvgIpc) is 2.84. The molecular weight excluding hydrogens is 418 g/mol. The van der Waals surface area contributed by atoms with E-state index >= 15 is 0 Å². The quantitative estimate of drug-likeness (QED) is 0.708. The summed E-state index contributed by atoms with van der Waals surface area (Å²) in [5, 5.41) is 3.06. The van der Waals surface area contributed by atoms with Gasteiger partial charge in [-0.3, -0.25) is 4.79 Å². The summed E-state index contributed by atoms with van der Waals surface area (Å²) < 4.78 is 7.18. The van der Waals surface area contributed by atoms with Gasteiger partial charge in [0.05, 0.1) is 21.8 Å². The zero-order valence-electron chi connectivity index (χ0n) is 11.7. The van der Waals surface area contributed by atoms with Gasteiger partial charge in [0.25, 0.3) is 5.91 Å². The van der Waals surface area contributed by atoms with Gasteiger partial charge >= 0.3 is 0 Å². The molecule has 0 spiro atoms. The van der Waals surface area contributed by atoms with Crippen LogP contribution < -0.4 is 10.1 Å². The summed E-state index contributed by atoms with van der Waals surface area (Å²) in [6.45, 7) is 2.04. The first-order chi connectivity index (χ1) is 10.1. The molecule has 0 aliphatic carbocycles. The van der Waals surface area contributed by atoms with Crippen molar-refractivity contribution in [3.05, 3.63) is 49.0 Å². The molecule has 3 nitrogen and oxygen atoms in total. The summed E-state index contributed by atoms with van der Waals surface area (Å²) in [5.41, 5.74) is 0.991. The van der Waals surface area contributed by atoms with Crippen molar-refractivity contribution < 1.29 is 9.53 Å². The molecule has 0 bridgehead atoms. The zero-order chi connectivity index (χ0) is 15.4. The molecule has 2 aromatic rings. The van der Waals surface area contributed by atoms with Crippen LogP contribution in [0.2, 0.25) is 0 Å². The van der Waals surface area contributed by atoms with Gasteiger partial charge < -0.3 is 10.1 Å². The van der Waals surface area contributed by atoms with Crippen LogP contribution >= 0.6 is 43.2 Å². The van der Waals surface area contributed by atoms with Crippen LogP contribution in [0.4, 0.5) is 0 Å². The third-order valence-corrected chi connectivity index (χ3v) is 6.35. The molecule has 6 heteroatoms.